The van der Waals surface area contributed by atoms with Crippen LogP contribution in [-0.2, 0) is 36.8 Å². The number of aryl methyl sites for hydroxylation is 1. The van der Waals surface area contributed by atoms with Crippen molar-refractivity contribution in [3.63, 3.8) is 0 Å². The van der Waals surface area contributed by atoms with Crippen LogP contribution in [0.2, 0.25) is 0 Å². The Morgan fingerprint density at radius 3 is 1.79 bits per heavy atom. The molecule has 52 heavy (non-hydrogen) atoms. The maximum Gasteiger partial charge on any atom is 1.00 e. The van der Waals surface area contributed by atoms with E-state index in [4.69, 9.17) is 10.3 Å². The van der Waals surface area contributed by atoms with Crippen LogP contribution in [0.15, 0.2) is 138 Å². The molecule has 0 aliphatic rings. The monoisotopic (exact) mass is 797 g/mol. The van der Waals surface area contributed by atoms with Crippen LogP contribution in [0.5, 0.6) is 17.2 Å². The number of aromatic nitrogens is 2. The number of hydrogen-bond acceptors (Lipinski definition) is 13. The first-order chi connectivity index (χ1) is 23.6. The van der Waals surface area contributed by atoms with Crippen LogP contribution in [0.1, 0.15) is 5.69 Å². The van der Waals surface area contributed by atoms with Crippen LogP contribution in [-0.4, -0.2) is 41.9 Å². The molecule has 0 spiro atoms. The zero-order chi connectivity index (χ0) is 36.2. The fourth-order valence-corrected chi connectivity index (χ4v) is 5.50. The van der Waals surface area contributed by atoms with Crippen molar-refractivity contribution >= 4 is 53.6 Å². The fourth-order valence-electron chi connectivity index (χ4n) is 4.43. The van der Waals surface area contributed by atoms with E-state index < -0.39 is 25.6 Å². The average molecular weight is 798 g/mol. The third-order valence-electron chi connectivity index (χ3n) is 6.93. The van der Waals surface area contributed by atoms with Crippen molar-refractivity contribution in [2.75, 3.05) is 0 Å². The molecule has 1 heterocycles. The summed E-state index contributed by atoms with van der Waals surface area (Å²) in [4.78, 5) is 12.1. The van der Waals surface area contributed by atoms with Crippen LogP contribution in [0.4, 0.5) is 22.7 Å². The summed E-state index contributed by atoms with van der Waals surface area (Å²) in [6, 6.07) is 26.0. The van der Waals surface area contributed by atoms with Crippen molar-refractivity contribution in [3.8, 4) is 22.9 Å². The summed E-state index contributed by atoms with van der Waals surface area (Å²) in [6.45, 7) is 1.59. The molecular formula is C32H27CoN8NaO8S2. The van der Waals surface area contributed by atoms with E-state index in [9.17, 15) is 36.9 Å². The molecule has 265 valence electrons. The van der Waals surface area contributed by atoms with Gasteiger partial charge in [-0.25, -0.2) is 36.9 Å². The summed E-state index contributed by atoms with van der Waals surface area (Å²) in [7, 11) is -7.89. The van der Waals surface area contributed by atoms with Gasteiger partial charge in [0.2, 0.25) is 20.0 Å². The zero-order valence-electron chi connectivity index (χ0n) is 27.2. The van der Waals surface area contributed by atoms with E-state index in [2.05, 4.69) is 25.6 Å². The Morgan fingerprint density at radius 1 is 0.692 bits per heavy atom. The molecular weight excluding hydrogens is 770 g/mol. The third kappa shape index (κ3) is 9.79. The van der Waals surface area contributed by atoms with Crippen molar-refractivity contribution in [2.45, 2.75) is 16.7 Å². The predicted molar refractivity (Wildman–Crippen MR) is 183 cm³/mol. The molecule has 5 aromatic carbocycles. The predicted octanol–water partition coefficient (Wildman–Crippen LogP) is 2.34. The van der Waals surface area contributed by atoms with Gasteiger partial charge in [-0.05, 0) is 60.0 Å². The van der Waals surface area contributed by atoms with Gasteiger partial charge in [0.1, 0.15) is 39.9 Å². The van der Waals surface area contributed by atoms with E-state index in [-0.39, 0.29) is 96.1 Å². The first-order valence-corrected chi connectivity index (χ1v) is 17.3. The molecule has 0 amide bonds. The van der Waals surface area contributed by atoms with Crippen molar-refractivity contribution in [2.24, 2.45) is 30.7 Å². The number of nitrogens with two attached hydrogens (primary N) is 2. The summed E-state index contributed by atoms with van der Waals surface area (Å²) in [5, 5.41) is 60.9. The zero-order valence-corrected chi connectivity index (χ0v) is 31.9. The summed E-state index contributed by atoms with van der Waals surface area (Å²) in [5.41, 5.74) is 0.407. The smallest absolute Gasteiger partial charge is 0.506 e. The Balaban J connectivity index is 0.000000271. The molecule has 16 nitrogen and oxygen atoms in total. The number of nitrogens with zero attached hydrogens (tertiary/aromatic N) is 6. The summed E-state index contributed by atoms with van der Waals surface area (Å²) >= 11 is 0. The van der Waals surface area contributed by atoms with Crippen LogP contribution in [0.25, 0.3) is 16.5 Å². The molecule has 0 unspecified atom stereocenters. The summed E-state index contributed by atoms with van der Waals surface area (Å²) in [6.07, 6.45) is 0. The Morgan fingerprint density at radius 2 is 1.21 bits per heavy atom. The van der Waals surface area contributed by atoms with E-state index in [1.807, 2.05) is 18.2 Å². The molecule has 20 heteroatoms. The SMILES string of the molecule is Cc1nn(-c2ccccc2)c(=O)[c-]1N=Nc1cc(S(N)(=O)=O)ccc1O.NS(=O)(=O)c1ccc(O)c(N=Nc2c(O)ccc3ccccc23)c1.[Co].[Na+]. The first kappa shape index (κ1) is 41.7. The average Bonchev–Trinajstić information content (AvgIpc) is 3.36. The van der Waals surface area contributed by atoms with Gasteiger partial charge in [0.15, 0.2) is 0 Å². The second-order valence-corrected chi connectivity index (χ2v) is 13.6. The fraction of sp³-hybridized carbons (Fsp3) is 0.0312. The molecule has 0 bridgehead atoms. The molecule has 0 saturated carbocycles. The molecule has 0 fully saturated rings. The van der Waals surface area contributed by atoms with Crippen LogP contribution in [0.3, 0.4) is 0 Å². The topological polar surface area (TPSA) is 265 Å². The Kier molecular flexibility index (Phi) is 13.8. The standard InChI is InChI=1S/C16H14N5O4S.C16H13N3O4S.Co.Na/c1-10-15(16(23)21(20-10)11-5-3-2-4-6-11)19-18-13-9-12(26(17,24)25)7-8-14(13)22;17-24(22,23)11-6-8-14(20)13(9-11)18-19-16-12-4-2-1-3-10(12)5-7-15(16)21;;/h2-9,22H,1H3,(H2,17,24,25);1-9,20-21H,(H2,17,22,23);;/q-1;;;+1. The second-order valence-electron chi connectivity index (χ2n) is 10.4. The second kappa shape index (κ2) is 17.2. The minimum atomic E-state index is -3.96. The van der Waals surface area contributed by atoms with Crippen LogP contribution >= 0.6 is 0 Å². The van der Waals surface area contributed by atoms with Crippen molar-refractivity contribution in [1.29, 1.82) is 0 Å². The molecule has 1 radical (unpaired) electrons. The maximum absolute atomic E-state index is 12.5. The van der Waals surface area contributed by atoms with Gasteiger partial charge in [0, 0.05) is 22.2 Å². The number of benzene rings is 5. The van der Waals surface area contributed by atoms with Gasteiger partial charge >= 0.3 is 29.6 Å². The number of phenolic OH excluding ortho intramolecular Hbond substituents is 3. The van der Waals surface area contributed by atoms with E-state index in [0.717, 1.165) is 35.7 Å². The minimum Gasteiger partial charge on any atom is -0.506 e. The van der Waals surface area contributed by atoms with Crippen molar-refractivity contribution in [1.82, 2.24) is 9.78 Å². The number of phenols is 3. The Labute approximate surface area is 329 Å². The van der Waals surface area contributed by atoms with Crippen LogP contribution < -0.4 is 45.4 Å². The van der Waals surface area contributed by atoms with E-state index in [0.29, 0.717) is 16.8 Å². The van der Waals surface area contributed by atoms with E-state index >= 15 is 0 Å². The Bertz CT molecular complexity index is 2580. The van der Waals surface area contributed by atoms with Gasteiger partial charge in [-0.15, -0.1) is 15.9 Å². The third-order valence-corrected chi connectivity index (χ3v) is 8.76. The van der Waals surface area contributed by atoms with Gasteiger partial charge in [0.25, 0.3) is 0 Å². The molecule has 6 aromatic rings. The summed E-state index contributed by atoms with van der Waals surface area (Å²) in [5.74, 6) is -0.646. The number of rotatable bonds is 7. The number of primary sulfonamides is 2. The number of azo groups is 2. The van der Waals surface area contributed by atoms with E-state index in [1.54, 1.807) is 49.4 Å². The number of fused-ring (bicyclic) bond motifs is 1. The molecule has 1 aromatic heterocycles. The van der Waals surface area contributed by atoms with Crippen molar-refractivity contribution in [3.05, 3.63) is 119 Å². The van der Waals surface area contributed by atoms with Crippen LogP contribution in [0, 0.1) is 6.92 Å². The number of hydrogen-bond donors (Lipinski definition) is 5. The Hall–Kier alpha value is -4.70. The molecule has 0 aliphatic heterocycles. The van der Waals surface area contributed by atoms with Gasteiger partial charge in [0.05, 0.1) is 15.5 Å². The largest absolute Gasteiger partial charge is 1.00 e. The van der Waals surface area contributed by atoms with Gasteiger partial charge < -0.3 is 25.2 Å². The van der Waals surface area contributed by atoms with Gasteiger partial charge in [-0.1, -0.05) is 61.1 Å². The van der Waals surface area contributed by atoms with Gasteiger partial charge in [-0.2, -0.15) is 5.11 Å². The van der Waals surface area contributed by atoms with Crippen molar-refractivity contribution < 1.29 is 78.5 Å². The van der Waals surface area contributed by atoms with E-state index in [1.165, 1.54) is 16.8 Å². The first-order valence-electron chi connectivity index (χ1n) is 14.2. The molecule has 0 aliphatic carbocycles. The quantitative estimate of drug-likeness (QED) is 0.0900. The molecule has 7 N–H and O–H groups in total. The number of para-hydroxylation sites is 1. The maximum atomic E-state index is 12.5. The summed E-state index contributed by atoms with van der Waals surface area (Å²) < 4.78 is 46.8. The van der Waals surface area contributed by atoms with Gasteiger partial charge in [-0.3, -0.25) is 0 Å². The molecule has 0 atom stereocenters. The molecule has 6 rings (SSSR count). The normalized spacial score (nSPS) is 11.5. The minimum absolute atomic E-state index is 0. The molecule has 0 saturated heterocycles. The number of sulfonamides is 2. The number of aromatic hydroxyl groups is 3.